The summed E-state index contributed by atoms with van der Waals surface area (Å²) in [6.45, 7) is 2.88. The van der Waals surface area contributed by atoms with E-state index in [1.165, 1.54) is 7.11 Å². The van der Waals surface area contributed by atoms with Gasteiger partial charge in [0, 0.05) is 0 Å². The van der Waals surface area contributed by atoms with Crippen LogP contribution in [0.25, 0.3) is 0 Å². The Morgan fingerprint density at radius 3 is 2.50 bits per heavy atom. The molecule has 1 aromatic rings. The maximum Gasteiger partial charge on any atom is 0.337 e. The SMILES string of the molecule is COC(=O)c1ccc(OCCC(C)CCS)cc1. The fraction of sp³-hybridized carbons (Fsp3) is 0.500. The molecule has 4 heteroatoms. The molecule has 0 fully saturated rings. The first kappa shape index (κ1) is 14.9. The zero-order valence-corrected chi connectivity index (χ0v) is 11.8. The summed E-state index contributed by atoms with van der Waals surface area (Å²) in [5, 5.41) is 0. The lowest BCUT2D eigenvalue weighted by Gasteiger charge is -2.11. The molecular formula is C14H20O3S. The maximum absolute atomic E-state index is 11.2. The largest absolute Gasteiger partial charge is 0.494 e. The molecule has 0 aliphatic carbocycles. The summed E-state index contributed by atoms with van der Waals surface area (Å²) >= 11 is 4.21. The molecule has 100 valence electrons. The predicted molar refractivity (Wildman–Crippen MR) is 75.5 cm³/mol. The standard InChI is InChI=1S/C14H20O3S/c1-11(8-10-18)7-9-17-13-5-3-12(4-6-13)14(15)16-2/h3-6,11,18H,7-10H2,1-2H3. The molecule has 0 saturated carbocycles. The lowest BCUT2D eigenvalue weighted by atomic mass is 10.1. The second-order valence-electron chi connectivity index (χ2n) is 4.27. The van der Waals surface area contributed by atoms with E-state index >= 15 is 0 Å². The first-order valence-electron chi connectivity index (χ1n) is 6.09. The molecule has 0 aromatic heterocycles. The molecule has 1 aromatic carbocycles. The molecule has 1 unspecified atom stereocenters. The van der Waals surface area contributed by atoms with Crippen LogP contribution in [0.1, 0.15) is 30.1 Å². The molecule has 0 saturated heterocycles. The molecule has 1 atom stereocenters. The van der Waals surface area contributed by atoms with E-state index in [1.54, 1.807) is 24.3 Å². The van der Waals surface area contributed by atoms with E-state index in [0.717, 1.165) is 24.3 Å². The third-order valence-electron chi connectivity index (χ3n) is 2.78. The Hall–Kier alpha value is -1.16. The van der Waals surface area contributed by atoms with Gasteiger partial charge in [0.1, 0.15) is 5.75 Å². The van der Waals surface area contributed by atoms with E-state index in [1.807, 2.05) is 0 Å². The van der Waals surface area contributed by atoms with Crippen LogP contribution in [-0.4, -0.2) is 25.4 Å². The molecule has 18 heavy (non-hydrogen) atoms. The summed E-state index contributed by atoms with van der Waals surface area (Å²) in [6, 6.07) is 6.99. The smallest absolute Gasteiger partial charge is 0.337 e. The molecule has 1 rings (SSSR count). The van der Waals surface area contributed by atoms with Crippen molar-refractivity contribution in [1.29, 1.82) is 0 Å². The predicted octanol–water partition coefficient (Wildman–Crippen LogP) is 3.20. The molecule has 0 N–H and O–H groups in total. The highest BCUT2D eigenvalue weighted by Crippen LogP contribution is 2.15. The fourth-order valence-electron chi connectivity index (χ4n) is 1.55. The fourth-order valence-corrected chi connectivity index (χ4v) is 1.99. The van der Waals surface area contributed by atoms with Gasteiger partial charge in [-0.1, -0.05) is 6.92 Å². The van der Waals surface area contributed by atoms with Crippen LogP contribution in [0.2, 0.25) is 0 Å². The molecular weight excluding hydrogens is 248 g/mol. The van der Waals surface area contributed by atoms with Gasteiger partial charge in [-0.15, -0.1) is 0 Å². The average Bonchev–Trinajstić information content (AvgIpc) is 2.39. The van der Waals surface area contributed by atoms with Crippen molar-refractivity contribution in [3.8, 4) is 5.75 Å². The van der Waals surface area contributed by atoms with E-state index in [-0.39, 0.29) is 5.97 Å². The van der Waals surface area contributed by atoms with E-state index in [4.69, 9.17) is 4.74 Å². The van der Waals surface area contributed by atoms with Crippen molar-refractivity contribution in [3.63, 3.8) is 0 Å². The Kier molecular flexibility index (Phi) is 6.65. The summed E-state index contributed by atoms with van der Waals surface area (Å²) in [6.07, 6.45) is 2.12. The third-order valence-corrected chi connectivity index (χ3v) is 3.03. The minimum atomic E-state index is -0.330. The summed E-state index contributed by atoms with van der Waals surface area (Å²) in [5.41, 5.74) is 0.535. The Balaban J connectivity index is 2.37. The van der Waals surface area contributed by atoms with Crippen molar-refractivity contribution in [3.05, 3.63) is 29.8 Å². The molecule has 3 nitrogen and oxygen atoms in total. The van der Waals surface area contributed by atoms with Crippen molar-refractivity contribution in [2.45, 2.75) is 19.8 Å². The van der Waals surface area contributed by atoms with Gasteiger partial charge in [0.25, 0.3) is 0 Å². The Bertz CT molecular complexity index is 362. The van der Waals surface area contributed by atoms with Crippen LogP contribution in [0.15, 0.2) is 24.3 Å². The number of esters is 1. The van der Waals surface area contributed by atoms with Crippen LogP contribution < -0.4 is 4.74 Å². The molecule has 0 aliphatic rings. The number of carbonyl (C=O) groups is 1. The number of ether oxygens (including phenoxy) is 2. The van der Waals surface area contributed by atoms with E-state index in [0.29, 0.717) is 18.1 Å². The zero-order valence-electron chi connectivity index (χ0n) is 10.9. The van der Waals surface area contributed by atoms with Gasteiger partial charge in [0.15, 0.2) is 0 Å². The maximum atomic E-state index is 11.2. The van der Waals surface area contributed by atoms with Gasteiger partial charge >= 0.3 is 5.97 Å². The van der Waals surface area contributed by atoms with Crippen LogP contribution in [0, 0.1) is 5.92 Å². The number of rotatable bonds is 7. The average molecular weight is 268 g/mol. The lowest BCUT2D eigenvalue weighted by Crippen LogP contribution is -2.05. The highest BCUT2D eigenvalue weighted by atomic mass is 32.1. The van der Waals surface area contributed by atoms with Crippen molar-refractivity contribution in [2.24, 2.45) is 5.92 Å². The van der Waals surface area contributed by atoms with Crippen molar-refractivity contribution < 1.29 is 14.3 Å². The van der Waals surface area contributed by atoms with Crippen LogP contribution in [0.5, 0.6) is 5.75 Å². The number of carbonyl (C=O) groups excluding carboxylic acids is 1. The third kappa shape index (κ3) is 5.00. The van der Waals surface area contributed by atoms with Gasteiger partial charge in [-0.25, -0.2) is 4.79 Å². The highest BCUT2D eigenvalue weighted by molar-refractivity contribution is 7.80. The number of methoxy groups -OCH3 is 1. The van der Waals surface area contributed by atoms with Gasteiger partial charge in [0.05, 0.1) is 19.3 Å². The zero-order chi connectivity index (χ0) is 13.4. The minimum Gasteiger partial charge on any atom is -0.494 e. The molecule has 0 aliphatic heterocycles. The van der Waals surface area contributed by atoms with Gasteiger partial charge in [0.2, 0.25) is 0 Å². The van der Waals surface area contributed by atoms with Crippen LogP contribution >= 0.6 is 12.6 Å². The summed E-state index contributed by atoms with van der Waals surface area (Å²) in [5.74, 6) is 1.98. The second-order valence-corrected chi connectivity index (χ2v) is 4.72. The number of hydrogen-bond acceptors (Lipinski definition) is 4. The quantitative estimate of drug-likeness (QED) is 0.609. The van der Waals surface area contributed by atoms with Gasteiger partial charge in [-0.2, -0.15) is 12.6 Å². The Morgan fingerprint density at radius 2 is 1.94 bits per heavy atom. The lowest BCUT2D eigenvalue weighted by molar-refractivity contribution is 0.0600. The molecule has 0 bridgehead atoms. The number of thiol groups is 1. The van der Waals surface area contributed by atoms with E-state index < -0.39 is 0 Å². The van der Waals surface area contributed by atoms with E-state index in [2.05, 4.69) is 24.3 Å². The van der Waals surface area contributed by atoms with Crippen molar-refractivity contribution in [1.82, 2.24) is 0 Å². The monoisotopic (exact) mass is 268 g/mol. The summed E-state index contributed by atoms with van der Waals surface area (Å²) in [4.78, 5) is 11.2. The normalized spacial score (nSPS) is 11.9. The van der Waals surface area contributed by atoms with Gasteiger partial charge in [-0.05, 0) is 48.8 Å². The van der Waals surface area contributed by atoms with Crippen LogP contribution in [-0.2, 0) is 4.74 Å². The van der Waals surface area contributed by atoms with E-state index in [9.17, 15) is 4.79 Å². The molecule has 0 amide bonds. The molecule has 0 radical (unpaired) electrons. The number of hydrogen-bond donors (Lipinski definition) is 1. The first-order chi connectivity index (χ1) is 8.67. The van der Waals surface area contributed by atoms with Crippen molar-refractivity contribution >= 4 is 18.6 Å². The van der Waals surface area contributed by atoms with Gasteiger partial charge in [-0.3, -0.25) is 0 Å². The van der Waals surface area contributed by atoms with Crippen LogP contribution in [0.3, 0.4) is 0 Å². The molecule has 0 heterocycles. The number of benzene rings is 1. The topological polar surface area (TPSA) is 35.5 Å². The van der Waals surface area contributed by atoms with Crippen molar-refractivity contribution in [2.75, 3.05) is 19.5 Å². The minimum absolute atomic E-state index is 0.330. The Labute approximate surface area is 114 Å². The second kappa shape index (κ2) is 8.03. The highest BCUT2D eigenvalue weighted by Gasteiger charge is 2.05. The molecule has 0 spiro atoms. The first-order valence-corrected chi connectivity index (χ1v) is 6.72. The Morgan fingerprint density at radius 1 is 1.28 bits per heavy atom. The summed E-state index contributed by atoms with van der Waals surface area (Å²) in [7, 11) is 1.37. The van der Waals surface area contributed by atoms with Gasteiger partial charge < -0.3 is 9.47 Å². The van der Waals surface area contributed by atoms with Crippen LogP contribution in [0.4, 0.5) is 0 Å². The summed E-state index contributed by atoms with van der Waals surface area (Å²) < 4.78 is 10.2.